The number of aryl methyl sites for hydroxylation is 1. The largest absolute Gasteiger partial charge is 0.309 e. The van der Waals surface area contributed by atoms with Crippen LogP contribution in [0.1, 0.15) is 11.1 Å². The fourth-order valence-corrected chi connectivity index (χ4v) is 12.2. The lowest BCUT2D eigenvalue weighted by molar-refractivity contribution is 1.28. The van der Waals surface area contributed by atoms with Crippen molar-refractivity contribution in [3.8, 4) is 22.3 Å². The second-order valence-electron chi connectivity index (χ2n) is 20.0. The van der Waals surface area contributed by atoms with Crippen LogP contribution in [0.5, 0.6) is 0 Å². The van der Waals surface area contributed by atoms with Gasteiger partial charge in [-0.3, -0.25) is 0 Å². The van der Waals surface area contributed by atoms with Crippen LogP contribution in [-0.4, -0.2) is 0 Å². The van der Waals surface area contributed by atoms with Gasteiger partial charge < -0.3 is 9.80 Å². The third-order valence-electron chi connectivity index (χ3n) is 15.7. The number of hydrogen-bond acceptors (Lipinski definition) is 2. The van der Waals surface area contributed by atoms with E-state index >= 15 is 0 Å². The molecular formula is C75H52N2. The molecule has 0 heterocycles. The number of fused-ring (bicyclic) bond motifs is 7. The van der Waals surface area contributed by atoms with Crippen molar-refractivity contribution in [2.75, 3.05) is 9.80 Å². The quantitative estimate of drug-likeness (QED) is 0.0995. The molecule has 14 rings (SSSR count). The van der Waals surface area contributed by atoms with Crippen LogP contribution in [0.4, 0.5) is 34.1 Å². The van der Waals surface area contributed by atoms with Crippen molar-refractivity contribution < 1.29 is 0 Å². The first-order valence-electron chi connectivity index (χ1n) is 26.5. The molecule has 2 nitrogen and oxygen atoms in total. The molecule has 0 amide bonds. The lowest BCUT2D eigenvalue weighted by atomic mass is 9.83. The van der Waals surface area contributed by atoms with E-state index in [0.29, 0.717) is 0 Å². The summed E-state index contributed by atoms with van der Waals surface area (Å²) in [5.41, 5.74) is 13.7. The highest BCUT2D eigenvalue weighted by atomic mass is 15.2. The normalized spacial score (nSPS) is 11.7. The molecule has 14 aromatic carbocycles. The van der Waals surface area contributed by atoms with Crippen LogP contribution in [-0.2, 0) is 0 Å². The van der Waals surface area contributed by atoms with E-state index < -0.39 is 0 Å². The summed E-state index contributed by atoms with van der Waals surface area (Å²) in [6, 6.07) is 98.7. The summed E-state index contributed by atoms with van der Waals surface area (Å²) in [4.78, 5) is 4.96. The lowest BCUT2D eigenvalue weighted by Gasteiger charge is -2.30. The molecule has 2 heteroatoms. The average molecular weight is 981 g/mol. The zero-order valence-corrected chi connectivity index (χ0v) is 42.7. The minimum absolute atomic E-state index is 1.06. The summed E-state index contributed by atoms with van der Waals surface area (Å²) in [6.45, 7) is 6.27. The van der Waals surface area contributed by atoms with Crippen molar-refractivity contribution in [2.45, 2.75) is 6.92 Å². The molecule has 77 heavy (non-hydrogen) atoms. The smallest absolute Gasteiger partial charge is 0.0540 e. The van der Waals surface area contributed by atoms with Gasteiger partial charge in [-0.1, -0.05) is 243 Å². The van der Waals surface area contributed by atoms with Crippen molar-refractivity contribution in [3.63, 3.8) is 0 Å². The molecule has 362 valence electrons. The van der Waals surface area contributed by atoms with Gasteiger partial charge in [0.05, 0.1) is 22.7 Å². The van der Waals surface area contributed by atoms with E-state index in [4.69, 9.17) is 0 Å². The Bertz CT molecular complexity index is 4590. The van der Waals surface area contributed by atoms with Crippen molar-refractivity contribution >= 4 is 116 Å². The fourth-order valence-electron chi connectivity index (χ4n) is 12.2. The first-order chi connectivity index (χ1) is 38.1. The Kier molecular flexibility index (Phi) is 11.3. The average Bonchev–Trinajstić information content (AvgIpc) is 3.50. The number of hydrogen-bond donors (Lipinski definition) is 0. The molecule has 0 fully saturated rings. The predicted molar refractivity (Wildman–Crippen MR) is 333 cm³/mol. The van der Waals surface area contributed by atoms with Crippen LogP contribution in [0.3, 0.4) is 0 Å². The van der Waals surface area contributed by atoms with Gasteiger partial charge in [0.15, 0.2) is 0 Å². The monoisotopic (exact) mass is 980 g/mol. The van der Waals surface area contributed by atoms with E-state index in [1.165, 1.54) is 103 Å². The summed E-state index contributed by atoms with van der Waals surface area (Å²) < 4.78 is 0. The minimum atomic E-state index is 1.06. The van der Waals surface area contributed by atoms with Gasteiger partial charge in [-0.05, 0) is 143 Å². The van der Waals surface area contributed by atoms with Crippen molar-refractivity contribution in [2.24, 2.45) is 0 Å². The Hall–Kier alpha value is -10.0. The van der Waals surface area contributed by atoms with Gasteiger partial charge in [0, 0.05) is 33.1 Å². The standard InChI is InChI=1S/C75H52N2/c1-3-4-32-58-50(2)21-15-40-70(58)76(71-41-18-29-53-24-7-12-35-61(53)71)56-44-46-66-68(48-56)74(64-38-16-27-51-22-5-10-33-59(51)64)67-47-45-57(49-69(67)75(66)65-39-17-28-52-23-6-11-34-60(52)65)77(72-42-19-30-54-25-8-13-36-62(54)72)73-43-20-31-55-26-9-14-37-63(55)73/h3-49H,1H2,2H3/b32-4-. The molecule has 0 spiro atoms. The molecule has 0 unspecified atom stereocenters. The maximum atomic E-state index is 4.07. The van der Waals surface area contributed by atoms with E-state index in [-0.39, 0.29) is 0 Å². The Morgan fingerprint density at radius 1 is 0.299 bits per heavy atom. The Balaban J connectivity index is 1.15. The van der Waals surface area contributed by atoms with E-state index in [1.54, 1.807) is 0 Å². The van der Waals surface area contributed by atoms with Gasteiger partial charge in [-0.2, -0.15) is 0 Å². The Labute approximate surface area is 449 Å². The summed E-state index contributed by atoms with van der Waals surface area (Å²) in [6.07, 6.45) is 6.10. The summed E-state index contributed by atoms with van der Waals surface area (Å²) >= 11 is 0. The van der Waals surface area contributed by atoms with E-state index in [2.05, 4.69) is 296 Å². The zero-order valence-electron chi connectivity index (χ0n) is 42.7. The van der Waals surface area contributed by atoms with Gasteiger partial charge in [0.1, 0.15) is 0 Å². The van der Waals surface area contributed by atoms with Gasteiger partial charge in [0.2, 0.25) is 0 Å². The molecule has 0 N–H and O–H groups in total. The first-order valence-corrected chi connectivity index (χ1v) is 26.5. The Morgan fingerprint density at radius 3 is 1.06 bits per heavy atom. The molecule has 0 bridgehead atoms. The van der Waals surface area contributed by atoms with Gasteiger partial charge in [-0.25, -0.2) is 0 Å². The predicted octanol–water partition coefficient (Wildman–Crippen LogP) is 21.5. The molecule has 0 atom stereocenters. The topological polar surface area (TPSA) is 6.48 Å². The second-order valence-corrected chi connectivity index (χ2v) is 20.0. The van der Waals surface area contributed by atoms with E-state index in [9.17, 15) is 0 Å². The third kappa shape index (κ3) is 7.73. The second kappa shape index (κ2) is 19.0. The molecular weight excluding hydrogens is 929 g/mol. The number of anilines is 6. The molecule has 0 saturated heterocycles. The van der Waals surface area contributed by atoms with Gasteiger partial charge >= 0.3 is 0 Å². The van der Waals surface area contributed by atoms with Crippen molar-refractivity contribution in [3.05, 3.63) is 297 Å². The number of rotatable bonds is 10. The lowest BCUT2D eigenvalue weighted by Crippen LogP contribution is -2.12. The van der Waals surface area contributed by atoms with E-state index in [0.717, 1.165) is 39.7 Å². The maximum Gasteiger partial charge on any atom is 0.0540 e. The highest BCUT2D eigenvalue weighted by Crippen LogP contribution is 2.52. The molecule has 0 aliphatic carbocycles. The molecule has 14 aromatic rings. The highest BCUT2D eigenvalue weighted by molar-refractivity contribution is 6.26. The molecule has 0 radical (unpaired) electrons. The van der Waals surface area contributed by atoms with Crippen LogP contribution < -0.4 is 9.80 Å². The number of nitrogens with zero attached hydrogens (tertiary/aromatic N) is 2. The van der Waals surface area contributed by atoms with Crippen LogP contribution in [0.25, 0.3) is 104 Å². The summed E-state index contributed by atoms with van der Waals surface area (Å²) in [7, 11) is 0. The van der Waals surface area contributed by atoms with Crippen LogP contribution in [0.2, 0.25) is 0 Å². The fraction of sp³-hybridized carbons (Fsp3) is 0.0133. The molecule has 0 aliphatic heterocycles. The van der Waals surface area contributed by atoms with E-state index in [1.807, 2.05) is 12.2 Å². The zero-order chi connectivity index (χ0) is 51.4. The van der Waals surface area contributed by atoms with Crippen molar-refractivity contribution in [1.82, 2.24) is 0 Å². The third-order valence-corrected chi connectivity index (χ3v) is 15.7. The van der Waals surface area contributed by atoms with Gasteiger partial charge in [-0.15, -0.1) is 0 Å². The Morgan fingerprint density at radius 2 is 0.636 bits per heavy atom. The van der Waals surface area contributed by atoms with Crippen LogP contribution in [0.15, 0.2) is 286 Å². The van der Waals surface area contributed by atoms with Gasteiger partial charge in [0.25, 0.3) is 0 Å². The molecule has 0 saturated carbocycles. The van der Waals surface area contributed by atoms with Crippen molar-refractivity contribution in [1.29, 1.82) is 0 Å². The SMILES string of the molecule is C=C/C=C\c1c(C)cccc1N(c1ccc2c(-c3cccc4ccccc34)c3cc(N(c4cccc5ccccc45)c4cccc5ccccc45)ccc3c(-c3cccc4ccccc34)c2c1)c1cccc2ccccc12. The maximum absolute atomic E-state index is 4.07. The van der Waals surface area contributed by atoms with Crippen LogP contribution >= 0.6 is 0 Å². The number of benzene rings is 14. The molecule has 0 aliphatic rings. The highest BCUT2D eigenvalue weighted by Gasteiger charge is 2.26. The number of allylic oxidation sites excluding steroid dienone is 2. The summed E-state index contributed by atoms with van der Waals surface area (Å²) in [5, 5.41) is 16.6. The van der Waals surface area contributed by atoms with Crippen LogP contribution in [0, 0.1) is 6.92 Å². The minimum Gasteiger partial charge on any atom is -0.309 e. The summed E-state index contributed by atoms with van der Waals surface area (Å²) in [5.74, 6) is 0. The molecule has 0 aromatic heterocycles. The first kappa shape index (κ1) is 45.6.